The standard InChI is InChI=1S/C7H4F3IN2O4/c8-7(9,10)17-5-3(2-14)1-12-6(4(5)11)13(15)16/h1,14H,2H2. The van der Waals surface area contributed by atoms with Gasteiger partial charge in [-0.25, -0.2) is 0 Å². The van der Waals surface area contributed by atoms with E-state index in [1.54, 1.807) is 0 Å². The van der Waals surface area contributed by atoms with Crippen molar-refractivity contribution in [1.29, 1.82) is 0 Å². The minimum Gasteiger partial charge on any atom is -0.404 e. The number of nitro groups is 1. The van der Waals surface area contributed by atoms with Crippen LogP contribution in [-0.2, 0) is 6.61 Å². The Morgan fingerprint density at radius 1 is 1.59 bits per heavy atom. The van der Waals surface area contributed by atoms with E-state index in [9.17, 15) is 23.3 Å². The third-order valence-electron chi connectivity index (χ3n) is 1.59. The van der Waals surface area contributed by atoms with Crippen LogP contribution in [0.5, 0.6) is 5.75 Å². The van der Waals surface area contributed by atoms with Gasteiger partial charge in [0.2, 0.25) is 0 Å². The van der Waals surface area contributed by atoms with Gasteiger partial charge in [0.15, 0.2) is 9.32 Å². The number of pyridine rings is 1. The molecule has 0 saturated carbocycles. The largest absolute Gasteiger partial charge is 0.573 e. The lowest BCUT2D eigenvalue weighted by atomic mass is 10.2. The van der Waals surface area contributed by atoms with Crippen molar-refractivity contribution in [3.63, 3.8) is 0 Å². The molecular weight excluding hydrogens is 360 g/mol. The van der Waals surface area contributed by atoms with E-state index in [1.165, 1.54) is 22.6 Å². The average molecular weight is 364 g/mol. The highest BCUT2D eigenvalue weighted by Crippen LogP contribution is 2.35. The Bertz CT molecular complexity index is 451. The van der Waals surface area contributed by atoms with E-state index < -0.39 is 33.0 Å². The zero-order valence-corrected chi connectivity index (χ0v) is 10.0. The lowest BCUT2D eigenvalue weighted by Crippen LogP contribution is -2.19. The molecule has 0 atom stereocenters. The van der Waals surface area contributed by atoms with Crippen LogP contribution in [0.4, 0.5) is 19.0 Å². The molecule has 94 valence electrons. The quantitative estimate of drug-likeness (QED) is 0.504. The molecular formula is C7H4F3IN2O4. The molecule has 0 fully saturated rings. The molecule has 0 aromatic carbocycles. The molecule has 1 heterocycles. The Morgan fingerprint density at radius 3 is 2.59 bits per heavy atom. The summed E-state index contributed by atoms with van der Waals surface area (Å²) in [6, 6.07) is 0. The zero-order chi connectivity index (χ0) is 13.2. The van der Waals surface area contributed by atoms with Crippen molar-refractivity contribution in [2.75, 3.05) is 0 Å². The summed E-state index contributed by atoms with van der Waals surface area (Å²) in [6.07, 6.45) is -4.24. The molecule has 1 aromatic heterocycles. The lowest BCUT2D eigenvalue weighted by Gasteiger charge is -2.12. The molecule has 0 saturated heterocycles. The SMILES string of the molecule is O=[N+]([O-])c1ncc(CO)c(OC(F)(F)F)c1I. The number of nitrogens with zero attached hydrogens (tertiary/aromatic N) is 2. The predicted octanol–water partition coefficient (Wildman–Crippen LogP) is 1.99. The highest BCUT2D eigenvalue weighted by Gasteiger charge is 2.35. The van der Waals surface area contributed by atoms with Gasteiger partial charge in [0.25, 0.3) is 0 Å². The predicted molar refractivity (Wildman–Crippen MR) is 56.2 cm³/mol. The second-order valence-corrected chi connectivity index (χ2v) is 3.79. The number of halogens is 4. The van der Waals surface area contributed by atoms with Crippen molar-refractivity contribution in [3.8, 4) is 5.75 Å². The maximum Gasteiger partial charge on any atom is 0.573 e. The average Bonchev–Trinajstić information content (AvgIpc) is 2.18. The van der Waals surface area contributed by atoms with Crippen LogP contribution in [0.15, 0.2) is 6.20 Å². The first-order valence-corrected chi connectivity index (χ1v) is 5.02. The number of rotatable bonds is 3. The van der Waals surface area contributed by atoms with E-state index in [2.05, 4.69) is 9.72 Å². The summed E-state index contributed by atoms with van der Waals surface area (Å²) in [5, 5.41) is 19.3. The highest BCUT2D eigenvalue weighted by molar-refractivity contribution is 14.1. The Hall–Kier alpha value is -1.17. The van der Waals surface area contributed by atoms with Crippen molar-refractivity contribution in [2.24, 2.45) is 0 Å². The third kappa shape index (κ3) is 3.39. The van der Waals surface area contributed by atoms with Gasteiger partial charge in [0, 0.05) is 0 Å². The van der Waals surface area contributed by atoms with E-state index in [1.807, 2.05) is 0 Å². The summed E-state index contributed by atoms with van der Waals surface area (Å²) >= 11 is 1.30. The molecule has 0 bridgehead atoms. The number of alkyl halides is 3. The Kier molecular flexibility index (Phi) is 4.08. The van der Waals surface area contributed by atoms with E-state index in [4.69, 9.17) is 5.11 Å². The van der Waals surface area contributed by atoms with Crippen LogP contribution in [0.1, 0.15) is 5.56 Å². The zero-order valence-electron chi connectivity index (χ0n) is 7.86. The first-order valence-electron chi connectivity index (χ1n) is 3.94. The summed E-state index contributed by atoms with van der Waals surface area (Å²) < 4.78 is 39.4. The third-order valence-corrected chi connectivity index (χ3v) is 2.56. The van der Waals surface area contributed by atoms with Crippen LogP contribution >= 0.6 is 22.6 Å². The molecule has 0 spiro atoms. The van der Waals surface area contributed by atoms with Gasteiger partial charge in [-0.2, -0.15) is 0 Å². The second kappa shape index (κ2) is 5.00. The summed E-state index contributed by atoms with van der Waals surface area (Å²) in [4.78, 5) is 12.9. The minimum atomic E-state index is -5.00. The number of hydrogen-bond acceptors (Lipinski definition) is 5. The number of hydrogen-bond donors (Lipinski definition) is 1. The van der Waals surface area contributed by atoms with E-state index in [0.717, 1.165) is 6.20 Å². The molecule has 1 aromatic rings. The van der Waals surface area contributed by atoms with Crippen LogP contribution < -0.4 is 4.74 Å². The van der Waals surface area contributed by atoms with E-state index in [0.29, 0.717) is 0 Å². The van der Waals surface area contributed by atoms with E-state index in [-0.39, 0.29) is 5.56 Å². The van der Waals surface area contributed by atoms with Gasteiger partial charge >= 0.3 is 12.2 Å². The fraction of sp³-hybridized carbons (Fsp3) is 0.286. The lowest BCUT2D eigenvalue weighted by molar-refractivity contribution is -0.390. The summed E-state index contributed by atoms with van der Waals surface area (Å²) in [6.45, 7) is -0.771. The van der Waals surface area contributed by atoms with Gasteiger partial charge in [-0.05, 0) is 32.5 Å². The molecule has 0 aliphatic carbocycles. The molecule has 0 unspecified atom stereocenters. The second-order valence-electron chi connectivity index (χ2n) is 2.71. The van der Waals surface area contributed by atoms with Gasteiger partial charge in [0.05, 0.1) is 12.2 Å². The van der Waals surface area contributed by atoms with Crippen molar-refractivity contribution in [1.82, 2.24) is 4.98 Å². The van der Waals surface area contributed by atoms with Gasteiger partial charge in [0.1, 0.15) is 6.20 Å². The minimum absolute atomic E-state index is 0.280. The molecule has 17 heavy (non-hydrogen) atoms. The topological polar surface area (TPSA) is 85.5 Å². The van der Waals surface area contributed by atoms with Gasteiger partial charge < -0.3 is 20.0 Å². The van der Waals surface area contributed by atoms with E-state index >= 15 is 0 Å². The first kappa shape index (κ1) is 13.9. The monoisotopic (exact) mass is 364 g/mol. The normalized spacial score (nSPS) is 11.4. The fourth-order valence-corrected chi connectivity index (χ4v) is 1.76. The summed E-state index contributed by atoms with van der Waals surface area (Å²) in [7, 11) is 0. The van der Waals surface area contributed by atoms with Crippen LogP contribution in [-0.4, -0.2) is 21.4 Å². The molecule has 0 radical (unpaired) electrons. The fourth-order valence-electron chi connectivity index (χ4n) is 0.963. The molecule has 0 amide bonds. The van der Waals surface area contributed by atoms with Crippen LogP contribution in [0.2, 0.25) is 0 Å². The van der Waals surface area contributed by atoms with Gasteiger partial charge in [-0.1, -0.05) is 0 Å². The molecule has 1 rings (SSSR count). The Labute approximate surface area is 106 Å². The number of aliphatic hydroxyl groups is 1. The van der Waals surface area contributed by atoms with Crippen molar-refractivity contribution < 1.29 is 27.9 Å². The van der Waals surface area contributed by atoms with Crippen molar-refractivity contribution in [2.45, 2.75) is 13.0 Å². The molecule has 0 aliphatic heterocycles. The molecule has 6 nitrogen and oxygen atoms in total. The summed E-state index contributed by atoms with van der Waals surface area (Å²) in [5.41, 5.74) is -0.280. The van der Waals surface area contributed by atoms with Crippen LogP contribution in [0.3, 0.4) is 0 Å². The van der Waals surface area contributed by atoms with Crippen molar-refractivity contribution in [3.05, 3.63) is 25.4 Å². The van der Waals surface area contributed by atoms with Crippen molar-refractivity contribution >= 4 is 28.4 Å². The number of ether oxygens (including phenoxy) is 1. The number of aliphatic hydroxyl groups excluding tert-OH is 1. The smallest absolute Gasteiger partial charge is 0.404 e. The maximum absolute atomic E-state index is 12.1. The maximum atomic E-state index is 12.1. The Morgan fingerprint density at radius 2 is 2.18 bits per heavy atom. The summed E-state index contributed by atoms with van der Waals surface area (Å²) in [5.74, 6) is -1.57. The van der Waals surface area contributed by atoms with Gasteiger partial charge in [-0.15, -0.1) is 13.2 Å². The molecule has 10 heteroatoms. The molecule has 0 aliphatic rings. The first-order chi connectivity index (χ1) is 7.76. The number of aromatic nitrogens is 1. The van der Waals surface area contributed by atoms with Crippen LogP contribution in [0.25, 0.3) is 0 Å². The van der Waals surface area contributed by atoms with Crippen LogP contribution in [0, 0.1) is 13.7 Å². The Balaban J connectivity index is 3.32. The highest BCUT2D eigenvalue weighted by atomic mass is 127. The molecule has 1 N–H and O–H groups in total. The van der Waals surface area contributed by atoms with Gasteiger partial charge in [-0.3, -0.25) is 0 Å².